The van der Waals surface area contributed by atoms with Crippen LogP contribution < -0.4 is 21.3 Å². The predicted molar refractivity (Wildman–Crippen MR) is 178 cm³/mol. The minimum Gasteiger partial charge on any atom is -0.341 e. The number of carbonyl (C=O) groups excluding carboxylic acids is 4. The molecule has 0 aliphatic carbocycles. The van der Waals surface area contributed by atoms with E-state index in [1.807, 2.05) is 47.1 Å². The maximum atomic E-state index is 14.0. The number of hydrogen-bond donors (Lipinski definition) is 4. The van der Waals surface area contributed by atoms with Gasteiger partial charge in [-0.3, -0.25) is 4.79 Å². The number of carbonyl (C=O) groups is 4. The number of benzene rings is 1. The summed E-state index contributed by atoms with van der Waals surface area (Å²) in [5.74, 6) is -0.0732. The predicted octanol–water partition coefficient (Wildman–Crippen LogP) is 3.83. The zero-order chi connectivity index (χ0) is 32.5. The van der Waals surface area contributed by atoms with E-state index < -0.39 is 6.04 Å². The van der Waals surface area contributed by atoms with Crippen LogP contribution in [0.4, 0.5) is 20.1 Å². The number of anilines is 1. The topological polar surface area (TPSA) is 129 Å². The number of fused-ring (bicyclic) bond motifs is 1. The minimum absolute atomic E-state index is 0.0311. The Hall–Kier alpha value is -4.06. The standard InChI is InChI=1S/C34H50N8O4/c1-3-25(11-16-36-32(44)35-2)23-30(31(43)40-19-12-27(13-20-40)39-17-7-4-8-18-39)38-33(45)41-21-14-28(15-22-41)42-24-26-9-5-6-10-29(26)37-34(42)46/h3,5-6,9-11,16,27-28,30H,4,7-8,12-15,17-24H2,1-2H3,(H,37,46)(H,38,45)(H2,35,36,44)/b16-11+,25-3+. The van der Waals surface area contributed by atoms with E-state index in [9.17, 15) is 19.2 Å². The van der Waals surface area contributed by atoms with E-state index in [1.165, 1.54) is 19.3 Å². The van der Waals surface area contributed by atoms with Crippen LogP contribution in [-0.4, -0.2) is 108 Å². The van der Waals surface area contributed by atoms with Gasteiger partial charge in [0.25, 0.3) is 0 Å². The summed E-state index contributed by atoms with van der Waals surface area (Å²) in [6.45, 7) is 7.07. The fourth-order valence-corrected chi connectivity index (χ4v) is 7.11. The lowest BCUT2D eigenvalue weighted by Gasteiger charge is -2.42. The van der Waals surface area contributed by atoms with Gasteiger partial charge in [-0.25, -0.2) is 14.4 Å². The minimum atomic E-state index is -0.739. The summed E-state index contributed by atoms with van der Waals surface area (Å²) in [5.41, 5.74) is 2.77. The lowest BCUT2D eigenvalue weighted by Crippen LogP contribution is -2.57. The van der Waals surface area contributed by atoms with Gasteiger partial charge in [-0.05, 0) is 81.8 Å². The number of piperidine rings is 3. The highest BCUT2D eigenvalue weighted by atomic mass is 16.2. The molecule has 5 rings (SSSR count). The second-order valence-electron chi connectivity index (χ2n) is 12.7. The second kappa shape index (κ2) is 16.0. The van der Waals surface area contributed by atoms with E-state index in [-0.39, 0.29) is 30.0 Å². The molecule has 0 bridgehead atoms. The molecule has 0 spiro atoms. The Bertz CT molecular complexity index is 1290. The molecule has 4 N–H and O–H groups in total. The second-order valence-corrected chi connectivity index (χ2v) is 12.7. The van der Waals surface area contributed by atoms with Crippen LogP contribution in [-0.2, 0) is 11.3 Å². The van der Waals surface area contributed by atoms with Crippen molar-refractivity contribution in [2.45, 2.75) is 83.0 Å². The molecule has 3 fully saturated rings. The molecule has 3 saturated heterocycles. The van der Waals surface area contributed by atoms with Gasteiger partial charge in [-0.1, -0.05) is 30.7 Å². The van der Waals surface area contributed by atoms with Crippen LogP contribution in [0, 0.1) is 0 Å². The third-order valence-corrected chi connectivity index (χ3v) is 9.88. The molecule has 46 heavy (non-hydrogen) atoms. The number of nitrogens with one attached hydrogen (secondary N) is 4. The number of likely N-dealkylation sites (tertiary alicyclic amines) is 3. The van der Waals surface area contributed by atoms with Gasteiger partial charge in [0, 0.05) is 70.2 Å². The van der Waals surface area contributed by atoms with Crippen LogP contribution in [0.5, 0.6) is 0 Å². The molecule has 1 atom stereocenters. The number of para-hydroxylation sites is 1. The van der Waals surface area contributed by atoms with Gasteiger partial charge in [0.15, 0.2) is 0 Å². The van der Waals surface area contributed by atoms with E-state index >= 15 is 0 Å². The number of allylic oxidation sites excluding steroid dienone is 2. The smallest absolute Gasteiger partial charge is 0.322 e. The first kappa shape index (κ1) is 33.3. The van der Waals surface area contributed by atoms with Crippen LogP contribution >= 0.6 is 0 Å². The Morgan fingerprint density at radius 1 is 0.935 bits per heavy atom. The monoisotopic (exact) mass is 634 g/mol. The zero-order valence-corrected chi connectivity index (χ0v) is 27.3. The molecule has 1 unspecified atom stereocenters. The Labute approximate surface area is 272 Å². The lowest BCUT2D eigenvalue weighted by atomic mass is 9.98. The third-order valence-electron chi connectivity index (χ3n) is 9.88. The first-order chi connectivity index (χ1) is 22.4. The molecule has 1 aromatic carbocycles. The highest BCUT2D eigenvalue weighted by molar-refractivity contribution is 5.92. The fourth-order valence-electron chi connectivity index (χ4n) is 7.11. The van der Waals surface area contributed by atoms with Gasteiger partial charge >= 0.3 is 18.1 Å². The average Bonchev–Trinajstić information content (AvgIpc) is 3.10. The largest absolute Gasteiger partial charge is 0.341 e. The quantitative estimate of drug-likeness (QED) is 0.323. The summed E-state index contributed by atoms with van der Waals surface area (Å²) < 4.78 is 0. The van der Waals surface area contributed by atoms with Crippen molar-refractivity contribution in [1.82, 2.24) is 35.6 Å². The normalized spacial score (nSPS) is 21.0. The van der Waals surface area contributed by atoms with Crippen molar-refractivity contribution < 1.29 is 19.2 Å². The first-order valence-corrected chi connectivity index (χ1v) is 16.9. The van der Waals surface area contributed by atoms with Crippen molar-refractivity contribution in [2.24, 2.45) is 0 Å². The fraction of sp³-hybridized carbons (Fsp3) is 0.588. The van der Waals surface area contributed by atoms with E-state index in [1.54, 1.807) is 24.2 Å². The Morgan fingerprint density at radius 3 is 2.30 bits per heavy atom. The van der Waals surface area contributed by atoms with Gasteiger partial charge in [0.2, 0.25) is 5.91 Å². The maximum Gasteiger partial charge on any atom is 0.322 e. The van der Waals surface area contributed by atoms with E-state index in [4.69, 9.17) is 0 Å². The summed E-state index contributed by atoms with van der Waals surface area (Å²) in [6.07, 6.45) is 12.5. The number of rotatable bonds is 8. The van der Waals surface area contributed by atoms with Crippen LogP contribution in [0.3, 0.4) is 0 Å². The van der Waals surface area contributed by atoms with Crippen molar-refractivity contribution in [2.75, 3.05) is 51.6 Å². The van der Waals surface area contributed by atoms with Crippen LogP contribution in [0.15, 0.2) is 48.2 Å². The summed E-state index contributed by atoms with van der Waals surface area (Å²) >= 11 is 0. The van der Waals surface area contributed by atoms with Gasteiger partial charge in [-0.15, -0.1) is 0 Å². The maximum absolute atomic E-state index is 14.0. The van der Waals surface area contributed by atoms with Gasteiger partial charge in [0.1, 0.15) is 6.04 Å². The van der Waals surface area contributed by atoms with Crippen LogP contribution in [0.25, 0.3) is 0 Å². The number of hydrogen-bond acceptors (Lipinski definition) is 5. The molecule has 0 aromatic heterocycles. The highest BCUT2D eigenvalue weighted by Crippen LogP contribution is 2.28. The number of amides is 7. The molecule has 0 radical (unpaired) electrons. The molecule has 12 nitrogen and oxygen atoms in total. The van der Waals surface area contributed by atoms with E-state index in [0.717, 1.165) is 42.8 Å². The summed E-state index contributed by atoms with van der Waals surface area (Å²) in [7, 11) is 1.54. The Balaban J connectivity index is 1.20. The van der Waals surface area contributed by atoms with Gasteiger partial charge in [0.05, 0.1) is 0 Å². The van der Waals surface area contributed by atoms with Crippen molar-refractivity contribution in [3.63, 3.8) is 0 Å². The third kappa shape index (κ3) is 8.39. The summed E-state index contributed by atoms with van der Waals surface area (Å²) in [5, 5.41) is 11.2. The van der Waals surface area contributed by atoms with Crippen molar-refractivity contribution >= 4 is 29.7 Å². The molecule has 7 amide bonds. The lowest BCUT2D eigenvalue weighted by molar-refractivity contribution is -0.134. The molecular formula is C34H50N8O4. The number of urea groups is 3. The SMILES string of the molecule is C/C=C(\C=C\NC(=O)NC)CC(NC(=O)N1CCC(N2Cc3ccccc3NC2=O)CC1)C(=O)N1CCC(N2CCCCC2)CC1. The van der Waals surface area contributed by atoms with E-state index in [2.05, 4.69) is 26.2 Å². The molecule has 4 heterocycles. The van der Waals surface area contributed by atoms with Crippen molar-refractivity contribution in [3.05, 3.63) is 53.8 Å². The van der Waals surface area contributed by atoms with Crippen LogP contribution in [0.1, 0.15) is 63.9 Å². The zero-order valence-electron chi connectivity index (χ0n) is 27.3. The van der Waals surface area contributed by atoms with Gasteiger partial charge < -0.3 is 40.9 Å². The molecule has 4 aliphatic rings. The average molecular weight is 635 g/mol. The van der Waals surface area contributed by atoms with Crippen molar-refractivity contribution in [1.29, 1.82) is 0 Å². The van der Waals surface area contributed by atoms with Crippen molar-refractivity contribution in [3.8, 4) is 0 Å². The Kier molecular flexibility index (Phi) is 11.6. The molecule has 4 aliphatic heterocycles. The molecule has 0 saturated carbocycles. The first-order valence-electron chi connectivity index (χ1n) is 16.9. The van der Waals surface area contributed by atoms with Gasteiger partial charge in [-0.2, -0.15) is 0 Å². The summed E-state index contributed by atoms with van der Waals surface area (Å²) in [4.78, 5) is 60.2. The molecular weight excluding hydrogens is 584 g/mol. The molecule has 12 heteroatoms. The Morgan fingerprint density at radius 2 is 1.61 bits per heavy atom. The summed E-state index contributed by atoms with van der Waals surface area (Å²) in [6, 6.07) is 6.94. The number of nitrogens with zero attached hydrogens (tertiary/aromatic N) is 4. The van der Waals surface area contributed by atoms with Crippen LogP contribution in [0.2, 0.25) is 0 Å². The highest BCUT2D eigenvalue weighted by Gasteiger charge is 2.35. The molecule has 250 valence electrons. The molecule has 1 aromatic rings. The van der Waals surface area contributed by atoms with E-state index in [0.29, 0.717) is 58.0 Å².